The average Bonchev–Trinajstić information content (AvgIpc) is 2.85. The third-order valence-electron chi connectivity index (χ3n) is 3.19. The van der Waals surface area contributed by atoms with E-state index in [-0.39, 0.29) is 5.92 Å². The third kappa shape index (κ3) is 3.64. The van der Waals surface area contributed by atoms with E-state index in [0.717, 1.165) is 29.7 Å². The van der Waals surface area contributed by atoms with Gasteiger partial charge in [-0.2, -0.15) is 5.10 Å². The van der Waals surface area contributed by atoms with Gasteiger partial charge in [-0.05, 0) is 30.7 Å². The first kappa shape index (κ1) is 14.2. The molecule has 2 rings (SSSR count). The standard InChI is InChI=1S/C14H19BrN4/c1-2-7-19-14(17-10-18-19)8-12(9-16)11-3-5-13(15)6-4-11/h3-6,10,12H,2,7-9,16H2,1H3. The summed E-state index contributed by atoms with van der Waals surface area (Å²) in [5.74, 6) is 1.30. The Morgan fingerprint density at radius 3 is 2.68 bits per heavy atom. The normalized spacial score (nSPS) is 12.6. The highest BCUT2D eigenvalue weighted by molar-refractivity contribution is 9.10. The fraction of sp³-hybridized carbons (Fsp3) is 0.429. The van der Waals surface area contributed by atoms with Crippen LogP contribution in [0.3, 0.4) is 0 Å². The number of aromatic nitrogens is 3. The van der Waals surface area contributed by atoms with Crippen molar-refractivity contribution in [2.75, 3.05) is 6.54 Å². The third-order valence-corrected chi connectivity index (χ3v) is 3.71. The summed E-state index contributed by atoms with van der Waals surface area (Å²) in [6.45, 7) is 3.66. The highest BCUT2D eigenvalue weighted by Crippen LogP contribution is 2.21. The quantitative estimate of drug-likeness (QED) is 0.889. The molecule has 19 heavy (non-hydrogen) atoms. The lowest BCUT2D eigenvalue weighted by atomic mass is 9.95. The van der Waals surface area contributed by atoms with Crippen LogP contribution in [0.1, 0.15) is 30.7 Å². The van der Waals surface area contributed by atoms with Crippen LogP contribution in [-0.4, -0.2) is 21.3 Å². The number of nitrogens with zero attached hydrogens (tertiary/aromatic N) is 3. The van der Waals surface area contributed by atoms with Crippen LogP contribution in [0.5, 0.6) is 0 Å². The van der Waals surface area contributed by atoms with Crippen LogP contribution < -0.4 is 5.73 Å². The summed E-state index contributed by atoms with van der Waals surface area (Å²) in [7, 11) is 0. The Morgan fingerprint density at radius 1 is 1.32 bits per heavy atom. The van der Waals surface area contributed by atoms with Crippen molar-refractivity contribution in [1.29, 1.82) is 0 Å². The Kier molecular flexibility index (Phi) is 5.10. The van der Waals surface area contributed by atoms with Gasteiger partial charge in [0.05, 0.1) is 0 Å². The number of hydrogen-bond acceptors (Lipinski definition) is 3. The van der Waals surface area contributed by atoms with Crippen LogP contribution >= 0.6 is 15.9 Å². The molecular formula is C14H19BrN4. The van der Waals surface area contributed by atoms with Gasteiger partial charge in [0.15, 0.2) is 0 Å². The topological polar surface area (TPSA) is 56.7 Å². The molecule has 5 heteroatoms. The molecule has 2 N–H and O–H groups in total. The minimum Gasteiger partial charge on any atom is -0.330 e. The van der Waals surface area contributed by atoms with Crippen molar-refractivity contribution < 1.29 is 0 Å². The molecule has 0 radical (unpaired) electrons. The van der Waals surface area contributed by atoms with Gasteiger partial charge in [-0.25, -0.2) is 4.98 Å². The minimum atomic E-state index is 0.285. The van der Waals surface area contributed by atoms with E-state index >= 15 is 0 Å². The van der Waals surface area contributed by atoms with Gasteiger partial charge < -0.3 is 5.73 Å². The number of aryl methyl sites for hydroxylation is 1. The molecule has 0 aliphatic rings. The summed E-state index contributed by atoms with van der Waals surface area (Å²) in [5.41, 5.74) is 7.16. The maximum Gasteiger partial charge on any atom is 0.138 e. The zero-order valence-electron chi connectivity index (χ0n) is 11.1. The second kappa shape index (κ2) is 6.82. The Balaban J connectivity index is 2.14. The second-order valence-corrected chi connectivity index (χ2v) is 5.50. The largest absolute Gasteiger partial charge is 0.330 e. The summed E-state index contributed by atoms with van der Waals surface area (Å²) in [5, 5.41) is 4.26. The fourth-order valence-electron chi connectivity index (χ4n) is 2.14. The number of hydrogen-bond donors (Lipinski definition) is 1. The molecule has 0 spiro atoms. The lowest BCUT2D eigenvalue weighted by molar-refractivity contribution is 0.545. The average molecular weight is 323 g/mol. The van der Waals surface area contributed by atoms with E-state index in [9.17, 15) is 0 Å². The van der Waals surface area contributed by atoms with Gasteiger partial charge in [-0.1, -0.05) is 35.0 Å². The fourth-order valence-corrected chi connectivity index (χ4v) is 2.40. The highest BCUT2D eigenvalue weighted by Gasteiger charge is 2.14. The SMILES string of the molecule is CCCn1ncnc1CC(CN)c1ccc(Br)cc1. The second-order valence-electron chi connectivity index (χ2n) is 4.59. The molecule has 0 saturated carbocycles. The Hall–Kier alpha value is -1.20. The van der Waals surface area contributed by atoms with Crippen LogP contribution in [0.15, 0.2) is 35.1 Å². The first-order valence-electron chi connectivity index (χ1n) is 6.56. The van der Waals surface area contributed by atoms with Crippen LogP contribution in [0, 0.1) is 0 Å². The number of benzene rings is 1. The van der Waals surface area contributed by atoms with Crippen LogP contribution in [0.4, 0.5) is 0 Å². The number of halogens is 1. The molecule has 1 atom stereocenters. The van der Waals surface area contributed by atoms with Crippen molar-refractivity contribution in [3.05, 3.63) is 46.5 Å². The zero-order chi connectivity index (χ0) is 13.7. The molecule has 0 aliphatic carbocycles. The lowest BCUT2D eigenvalue weighted by Gasteiger charge is -2.15. The monoisotopic (exact) mass is 322 g/mol. The molecule has 0 bridgehead atoms. The molecule has 4 nitrogen and oxygen atoms in total. The molecule has 0 amide bonds. The van der Waals surface area contributed by atoms with Gasteiger partial charge in [-0.15, -0.1) is 0 Å². The zero-order valence-corrected chi connectivity index (χ0v) is 12.7. The highest BCUT2D eigenvalue weighted by atomic mass is 79.9. The van der Waals surface area contributed by atoms with Crippen LogP contribution in [0.2, 0.25) is 0 Å². The molecule has 1 aromatic heterocycles. The van der Waals surface area contributed by atoms with E-state index in [0.29, 0.717) is 6.54 Å². The van der Waals surface area contributed by atoms with Crippen molar-refractivity contribution in [3.8, 4) is 0 Å². The van der Waals surface area contributed by atoms with E-state index in [1.54, 1.807) is 6.33 Å². The Bertz CT molecular complexity index is 506. The summed E-state index contributed by atoms with van der Waals surface area (Å²) < 4.78 is 3.06. The van der Waals surface area contributed by atoms with Gasteiger partial charge in [0.25, 0.3) is 0 Å². The first-order chi connectivity index (χ1) is 9.24. The van der Waals surface area contributed by atoms with Gasteiger partial charge in [0, 0.05) is 23.4 Å². The summed E-state index contributed by atoms with van der Waals surface area (Å²) >= 11 is 3.45. The number of nitrogens with two attached hydrogens (primary N) is 1. The molecule has 0 saturated heterocycles. The van der Waals surface area contributed by atoms with Gasteiger partial charge in [-0.3, -0.25) is 4.68 Å². The molecule has 1 aromatic carbocycles. The predicted molar refractivity (Wildman–Crippen MR) is 80.0 cm³/mol. The van der Waals surface area contributed by atoms with Crippen molar-refractivity contribution in [2.45, 2.75) is 32.2 Å². The minimum absolute atomic E-state index is 0.285. The van der Waals surface area contributed by atoms with Crippen molar-refractivity contribution in [1.82, 2.24) is 14.8 Å². The number of rotatable bonds is 6. The van der Waals surface area contributed by atoms with E-state index in [1.165, 1.54) is 5.56 Å². The van der Waals surface area contributed by atoms with Gasteiger partial charge >= 0.3 is 0 Å². The molecule has 0 fully saturated rings. The smallest absolute Gasteiger partial charge is 0.138 e. The summed E-state index contributed by atoms with van der Waals surface area (Å²) in [4.78, 5) is 4.35. The Labute approximate surface area is 122 Å². The summed E-state index contributed by atoms with van der Waals surface area (Å²) in [6, 6.07) is 8.33. The maximum absolute atomic E-state index is 5.91. The van der Waals surface area contributed by atoms with E-state index < -0.39 is 0 Å². The van der Waals surface area contributed by atoms with Gasteiger partial charge in [0.2, 0.25) is 0 Å². The predicted octanol–water partition coefficient (Wildman–Crippen LogP) is 2.74. The molecule has 102 valence electrons. The summed E-state index contributed by atoms with van der Waals surface area (Å²) in [6.07, 6.45) is 3.51. The van der Waals surface area contributed by atoms with E-state index in [1.807, 2.05) is 4.68 Å². The van der Waals surface area contributed by atoms with Gasteiger partial charge in [0.1, 0.15) is 12.2 Å². The van der Waals surface area contributed by atoms with Crippen molar-refractivity contribution in [3.63, 3.8) is 0 Å². The van der Waals surface area contributed by atoms with Crippen LogP contribution in [-0.2, 0) is 13.0 Å². The molecular weight excluding hydrogens is 304 g/mol. The van der Waals surface area contributed by atoms with E-state index in [2.05, 4.69) is 57.2 Å². The van der Waals surface area contributed by atoms with Crippen molar-refractivity contribution in [2.24, 2.45) is 5.73 Å². The van der Waals surface area contributed by atoms with E-state index in [4.69, 9.17) is 5.73 Å². The molecule has 2 aromatic rings. The Morgan fingerprint density at radius 2 is 2.05 bits per heavy atom. The molecule has 1 unspecified atom stereocenters. The molecule has 0 aliphatic heterocycles. The first-order valence-corrected chi connectivity index (χ1v) is 7.36. The molecule has 1 heterocycles. The van der Waals surface area contributed by atoms with Crippen LogP contribution in [0.25, 0.3) is 0 Å². The lowest BCUT2D eigenvalue weighted by Crippen LogP contribution is -2.18. The maximum atomic E-state index is 5.91. The van der Waals surface area contributed by atoms with Crippen molar-refractivity contribution >= 4 is 15.9 Å².